The van der Waals surface area contributed by atoms with Gasteiger partial charge in [-0.2, -0.15) is 0 Å². The summed E-state index contributed by atoms with van der Waals surface area (Å²) in [6.07, 6.45) is -16.5. The summed E-state index contributed by atoms with van der Waals surface area (Å²) in [6, 6.07) is 9.92. The maximum Gasteiger partial charge on any atom is 0.330 e. The first-order valence-corrected chi connectivity index (χ1v) is 17.4. The van der Waals surface area contributed by atoms with E-state index in [0.717, 1.165) is 18.2 Å². The lowest BCUT2D eigenvalue weighted by Crippen LogP contribution is -2.65. The van der Waals surface area contributed by atoms with Gasteiger partial charge in [0, 0.05) is 23.8 Å². The second-order valence-electron chi connectivity index (χ2n) is 13.1. The van der Waals surface area contributed by atoms with Gasteiger partial charge < -0.3 is 88.6 Å². The maximum absolute atomic E-state index is 14.1. The van der Waals surface area contributed by atoms with Crippen molar-refractivity contribution >= 4 is 23.0 Å². The van der Waals surface area contributed by atoms with Crippen LogP contribution < -0.4 is 19.6 Å². The number of phenolic OH excluding ortho intramolecular Hbond substituents is 4. The minimum absolute atomic E-state index is 0.0391. The lowest BCUT2D eigenvalue weighted by Gasteiger charge is -2.45. The highest BCUT2D eigenvalue weighted by atomic mass is 16.8. The Morgan fingerprint density at radius 3 is 2.10 bits per heavy atom. The van der Waals surface area contributed by atoms with Crippen molar-refractivity contribution in [2.24, 2.45) is 0 Å². The summed E-state index contributed by atoms with van der Waals surface area (Å²) in [5.41, 5.74) is -0.878. The van der Waals surface area contributed by atoms with Gasteiger partial charge >= 0.3 is 5.97 Å². The van der Waals surface area contributed by atoms with Crippen LogP contribution in [0.4, 0.5) is 0 Å². The summed E-state index contributed by atoms with van der Waals surface area (Å²) < 4.78 is 44.5. The Balaban J connectivity index is 1.29. The number of carbonyl (C=O) groups excluding carboxylic acids is 1. The first-order valence-electron chi connectivity index (χ1n) is 17.4. The van der Waals surface area contributed by atoms with Crippen LogP contribution in [0.5, 0.6) is 40.2 Å². The summed E-state index contributed by atoms with van der Waals surface area (Å²) >= 11 is 0. The molecule has 20 heteroatoms. The number of fused-ring (bicyclic) bond motifs is 1. The Kier molecular flexibility index (Phi) is 12.6. The van der Waals surface area contributed by atoms with Crippen molar-refractivity contribution < 1.29 is 93.4 Å². The number of aliphatic hydroxyl groups is 6. The molecule has 0 radical (unpaired) electrons. The Morgan fingerprint density at radius 2 is 1.41 bits per heavy atom. The van der Waals surface area contributed by atoms with Crippen molar-refractivity contribution in [1.29, 1.82) is 0 Å². The molecule has 0 bridgehead atoms. The molecule has 58 heavy (non-hydrogen) atoms. The van der Waals surface area contributed by atoms with Crippen LogP contribution in [0.3, 0.4) is 0 Å². The molecule has 10 atom stereocenters. The molecule has 2 aliphatic rings. The lowest BCUT2D eigenvalue weighted by molar-refractivity contribution is -0.358. The molecule has 2 saturated heterocycles. The number of carbonyl (C=O) groups is 1. The average Bonchev–Trinajstić information content (AvgIpc) is 3.20. The van der Waals surface area contributed by atoms with Crippen LogP contribution in [-0.2, 0) is 23.7 Å². The van der Waals surface area contributed by atoms with Crippen molar-refractivity contribution in [1.82, 2.24) is 0 Å². The van der Waals surface area contributed by atoms with E-state index in [1.54, 1.807) is 0 Å². The number of ether oxygens (including phenoxy) is 7. The second kappa shape index (κ2) is 17.4. The summed E-state index contributed by atoms with van der Waals surface area (Å²) in [5.74, 6) is -3.58. The van der Waals surface area contributed by atoms with Crippen molar-refractivity contribution in [3.05, 3.63) is 70.4 Å². The first kappa shape index (κ1) is 41.9. The van der Waals surface area contributed by atoms with E-state index in [-0.39, 0.29) is 34.1 Å². The molecule has 0 unspecified atom stereocenters. The minimum atomic E-state index is -2.05. The molecule has 0 amide bonds. The van der Waals surface area contributed by atoms with Crippen LogP contribution in [0.25, 0.3) is 28.4 Å². The van der Waals surface area contributed by atoms with E-state index in [2.05, 4.69) is 0 Å². The second-order valence-corrected chi connectivity index (χ2v) is 13.1. The molecule has 10 N–H and O–H groups in total. The van der Waals surface area contributed by atoms with Gasteiger partial charge in [-0.1, -0.05) is 6.07 Å². The molecule has 4 aromatic rings. The molecule has 6 rings (SSSR count). The van der Waals surface area contributed by atoms with Crippen molar-refractivity contribution in [2.45, 2.75) is 61.4 Å². The van der Waals surface area contributed by atoms with Gasteiger partial charge in [0.1, 0.15) is 71.8 Å². The van der Waals surface area contributed by atoms with Gasteiger partial charge in [-0.05, 0) is 42.0 Å². The Hall–Kier alpha value is -5.68. The number of aromatic hydroxyl groups is 4. The van der Waals surface area contributed by atoms with Gasteiger partial charge in [-0.15, -0.1) is 0 Å². The van der Waals surface area contributed by atoms with Crippen molar-refractivity contribution in [3.63, 3.8) is 0 Å². The average molecular weight is 817 g/mol. The maximum atomic E-state index is 14.1. The van der Waals surface area contributed by atoms with E-state index in [1.165, 1.54) is 56.7 Å². The lowest BCUT2D eigenvalue weighted by atomic mass is 9.97. The third kappa shape index (κ3) is 8.45. The molecular weight excluding hydrogens is 776 g/mol. The van der Waals surface area contributed by atoms with Crippen LogP contribution in [0.2, 0.25) is 0 Å². The highest BCUT2D eigenvalue weighted by Gasteiger charge is 2.52. The topological polar surface area (TPSA) is 314 Å². The third-order valence-electron chi connectivity index (χ3n) is 9.38. The first-order chi connectivity index (χ1) is 27.6. The zero-order valence-corrected chi connectivity index (χ0v) is 30.5. The van der Waals surface area contributed by atoms with Gasteiger partial charge in [-0.3, -0.25) is 4.79 Å². The van der Waals surface area contributed by atoms with E-state index in [0.29, 0.717) is 5.56 Å². The molecule has 0 spiro atoms. The standard InChI is InChI=1S/C38H40O20/c1-51-21-9-15(3-6-18(21)41)4-8-26(44)53-14-25-29(46)31(48)33(50)37(56-25)58-36-32(49)28(45)24(13-39)55-38(36)57-35-30(47)27-20(43)11-17(40)12-23(27)54-34(35)16-5-7-19(42)22(10-16)52-2/h3-12,24-25,28-29,31-33,36-43,45-46,48-50H,13-14H2,1-2H3/b8-4-/t24-,25-,28-,29-,31+,32+,33-,36-,37+,38+/m1/s1. The van der Waals surface area contributed by atoms with Crippen LogP contribution in [0, 0.1) is 0 Å². The SMILES string of the molecule is COc1cc(/C=C\C(=O)OC[C@H]2O[C@@H](O[C@H]3[C@H](Oc4c(-c5ccc(O)c(OC)c5)oc5cc(O)cc(O)c5c4=O)O[C@H](CO)[C@@H](O)[C@@H]3O)[C@H](O)[C@@H](O)[C@@H]2O)ccc1O. The number of hydrogen-bond acceptors (Lipinski definition) is 20. The minimum Gasteiger partial charge on any atom is -0.508 e. The Morgan fingerprint density at radius 1 is 0.759 bits per heavy atom. The predicted octanol–water partition coefficient (Wildman–Crippen LogP) is -0.433. The zero-order valence-electron chi connectivity index (χ0n) is 30.5. The number of hydrogen-bond donors (Lipinski definition) is 10. The van der Waals surface area contributed by atoms with E-state index < -0.39 is 114 Å². The summed E-state index contributed by atoms with van der Waals surface area (Å²) in [6.45, 7) is -1.60. The molecular formula is C38H40O20. The van der Waals surface area contributed by atoms with E-state index in [4.69, 9.17) is 37.6 Å². The summed E-state index contributed by atoms with van der Waals surface area (Å²) in [7, 11) is 2.59. The molecule has 0 aliphatic carbocycles. The monoisotopic (exact) mass is 816 g/mol. The van der Waals surface area contributed by atoms with Gasteiger partial charge in [0.15, 0.2) is 41.2 Å². The number of methoxy groups -OCH3 is 2. The fourth-order valence-electron chi connectivity index (χ4n) is 6.29. The normalized spacial score (nSPS) is 27.4. The molecule has 2 aliphatic heterocycles. The van der Waals surface area contributed by atoms with E-state index >= 15 is 0 Å². The largest absolute Gasteiger partial charge is 0.508 e. The number of aliphatic hydroxyl groups excluding tert-OH is 6. The number of benzene rings is 3. The number of phenols is 4. The fraction of sp³-hybridized carbons (Fsp3) is 0.368. The highest BCUT2D eigenvalue weighted by molar-refractivity contribution is 5.88. The summed E-state index contributed by atoms with van der Waals surface area (Å²) in [4.78, 5) is 26.6. The van der Waals surface area contributed by atoms with Crippen molar-refractivity contribution in [2.75, 3.05) is 27.4 Å². The fourth-order valence-corrected chi connectivity index (χ4v) is 6.29. The van der Waals surface area contributed by atoms with E-state index in [1.807, 2.05) is 0 Å². The molecule has 312 valence electrons. The third-order valence-corrected chi connectivity index (χ3v) is 9.38. The molecule has 3 heterocycles. The predicted molar refractivity (Wildman–Crippen MR) is 194 cm³/mol. The van der Waals surface area contributed by atoms with E-state index in [9.17, 15) is 60.7 Å². The molecule has 2 fully saturated rings. The molecule has 20 nitrogen and oxygen atoms in total. The van der Waals surface area contributed by atoms with Crippen LogP contribution in [0.1, 0.15) is 5.56 Å². The molecule has 3 aromatic carbocycles. The number of rotatable bonds is 12. The zero-order chi connectivity index (χ0) is 42.0. The number of esters is 1. The highest BCUT2D eigenvalue weighted by Crippen LogP contribution is 2.40. The molecule has 1 aromatic heterocycles. The smallest absolute Gasteiger partial charge is 0.330 e. The van der Waals surface area contributed by atoms with Crippen molar-refractivity contribution in [3.8, 4) is 51.6 Å². The van der Waals surface area contributed by atoms with Gasteiger partial charge in [-0.25, -0.2) is 4.79 Å². The van der Waals surface area contributed by atoms with Crippen LogP contribution in [0.15, 0.2) is 63.8 Å². The summed E-state index contributed by atoms with van der Waals surface area (Å²) in [5, 5.41) is 105. The van der Waals surface area contributed by atoms with Gasteiger partial charge in [0.05, 0.1) is 20.8 Å². The quantitative estimate of drug-likeness (QED) is 0.0640. The van der Waals surface area contributed by atoms with Gasteiger partial charge in [0.2, 0.25) is 17.5 Å². The van der Waals surface area contributed by atoms with Crippen LogP contribution >= 0.6 is 0 Å². The Labute approximate surface area is 327 Å². The Bertz CT molecular complexity index is 2200. The van der Waals surface area contributed by atoms with Crippen LogP contribution in [-0.4, -0.2) is 146 Å². The van der Waals surface area contributed by atoms with Gasteiger partial charge in [0.25, 0.3) is 0 Å². The molecule has 0 saturated carbocycles.